The molecule has 0 fully saturated rings. The lowest BCUT2D eigenvalue weighted by Gasteiger charge is -2.24. The van der Waals surface area contributed by atoms with Crippen molar-refractivity contribution in [3.8, 4) is 0 Å². The van der Waals surface area contributed by atoms with E-state index in [0.717, 1.165) is 51.4 Å². The number of esters is 1. The number of amides is 1. The van der Waals surface area contributed by atoms with Gasteiger partial charge in [0.05, 0.1) is 25.2 Å². The van der Waals surface area contributed by atoms with Gasteiger partial charge in [-0.05, 0) is 57.8 Å². The Morgan fingerprint density at radius 3 is 1.16 bits per heavy atom. The van der Waals surface area contributed by atoms with E-state index in [0.29, 0.717) is 19.3 Å². The third kappa shape index (κ3) is 50.5. The second-order valence-corrected chi connectivity index (χ2v) is 20.8. The second kappa shape index (κ2) is 55.3. The number of unbranched alkanes of at least 4 members (excludes halogenated alkanes) is 39. The molecular weight excluding hydrogens is 827 g/mol. The van der Waals surface area contributed by atoms with Gasteiger partial charge in [-0.1, -0.05) is 283 Å². The second-order valence-electron chi connectivity index (χ2n) is 20.8. The summed E-state index contributed by atoms with van der Waals surface area (Å²) in [4.78, 5) is 26.3. The zero-order chi connectivity index (χ0) is 48.8. The quantitative estimate of drug-likeness (QED) is 0.0321. The first-order valence-electron chi connectivity index (χ1n) is 30.1. The largest absolute Gasteiger partial charge is 0.462 e. The third-order valence-corrected chi connectivity index (χ3v) is 14.0. The Kier molecular flexibility index (Phi) is 53.9. The molecule has 0 radical (unpaired) electrons. The minimum Gasteiger partial charge on any atom is -0.462 e. The standard InChI is InChI=1S/C61H117NO5/c1-4-7-10-13-16-19-22-25-27-29-30-32-34-36-39-42-45-48-51-54-61(66)67-57(52-49-46-43-40-37-35-33-31-28-26-23-20-17-14-11-8-5-2)55-60(65)62-58(56-63)59(64)53-50-47-44-41-38-24-21-18-15-12-9-6-3/h16,19,25,27,57-59,63-64H,4-15,17-18,20-24,26,28-56H2,1-3H3,(H,62,65)/b19-16-,27-25-. The van der Waals surface area contributed by atoms with Crippen LogP contribution in [0.1, 0.15) is 329 Å². The topological polar surface area (TPSA) is 95.9 Å². The molecule has 0 aromatic rings. The fourth-order valence-corrected chi connectivity index (χ4v) is 9.46. The van der Waals surface area contributed by atoms with E-state index < -0.39 is 18.2 Å². The Labute approximate surface area is 418 Å². The Balaban J connectivity index is 4.50. The summed E-state index contributed by atoms with van der Waals surface area (Å²) in [7, 11) is 0. The van der Waals surface area contributed by atoms with Crippen LogP contribution in [0.5, 0.6) is 0 Å². The van der Waals surface area contributed by atoms with Crippen molar-refractivity contribution in [2.45, 2.75) is 347 Å². The van der Waals surface area contributed by atoms with Gasteiger partial charge in [-0.25, -0.2) is 0 Å². The number of aliphatic hydroxyl groups is 2. The van der Waals surface area contributed by atoms with Crippen LogP contribution in [0.15, 0.2) is 24.3 Å². The highest BCUT2D eigenvalue weighted by molar-refractivity contribution is 5.77. The smallest absolute Gasteiger partial charge is 0.306 e. The zero-order valence-electron chi connectivity index (χ0n) is 45.3. The van der Waals surface area contributed by atoms with Crippen LogP contribution >= 0.6 is 0 Å². The van der Waals surface area contributed by atoms with E-state index >= 15 is 0 Å². The number of ether oxygens (including phenoxy) is 1. The van der Waals surface area contributed by atoms with Crippen LogP contribution in [-0.2, 0) is 14.3 Å². The van der Waals surface area contributed by atoms with Crippen molar-refractivity contribution < 1.29 is 24.5 Å². The van der Waals surface area contributed by atoms with Crippen LogP contribution in [0.3, 0.4) is 0 Å². The highest BCUT2D eigenvalue weighted by atomic mass is 16.5. The highest BCUT2D eigenvalue weighted by Crippen LogP contribution is 2.19. The van der Waals surface area contributed by atoms with Gasteiger partial charge in [0.25, 0.3) is 0 Å². The van der Waals surface area contributed by atoms with Gasteiger partial charge in [0.1, 0.15) is 6.10 Å². The Bertz CT molecular complexity index is 1060. The normalized spacial score (nSPS) is 13.2. The van der Waals surface area contributed by atoms with Crippen molar-refractivity contribution in [2.24, 2.45) is 0 Å². The van der Waals surface area contributed by atoms with E-state index in [4.69, 9.17) is 4.74 Å². The number of rotatable bonds is 55. The van der Waals surface area contributed by atoms with E-state index in [2.05, 4.69) is 50.4 Å². The fraction of sp³-hybridized carbons (Fsp3) is 0.902. The predicted octanol–water partition coefficient (Wildman–Crippen LogP) is 18.6. The summed E-state index contributed by atoms with van der Waals surface area (Å²) < 4.78 is 5.98. The molecule has 67 heavy (non-hydrogen) atoms. The van der Waals surface area contributed by atoms with Gasteiger partial charge >= 0.3 is 5.97 Å². The summed E-state index contributed by atoms with van der Waals surface area (Å²) in [5.41, 5.74) is 0. The maximum Gasteiger partial charge on any atom is 0.306 e. The highest BCUT2D eigenvalue weighted by Gasteiger charge is 2.24. The molecular formula is C61H117NO5. The number of carbonyl (C=O) groups excluding carboxylic acids is 2. The lowest BCUT2D eigenvalue weighted by Crippen LogP contribution is -2.46. The van der Waals surface area contributed by atoms with Gasteiger partial charge in [-0.15, -0.1) is 0 Å². The van der Waals surface area contributed by atoms with Crippen LogP contribution in [0.25, 0.3) is 0 Å². The van der Waals surface area contributed by atoms with Crippen molar-refractivity contribution in [1.29, 1.82) is 0 Å². The number of carbonyl (C=O) groups is 2. The van der Waals surface area contributed by atoms with E-state index in [9.17, 15) is 19.8 Å². The van der Waals surface area contributed by atoms with Crippen LogP contribution in [-0.4, -0.2) is 46.9 Å². The molecule has 6 nitrogen and oxygen atoms in total. The third-order valence-electron chi connectivity index (χ3n) is 14.0. The van der Waals surface area contributed by atoms with E-state index in [1.54, 1.807) is 0 Å². The molecule has 1 amide bonds. The molecule has 0 aromatic heterocycles. The molecule has 0 saturated carbocycles. The molecule has 0 heterocycles. The van der Waals surface area contributed by atoms with Crippen molar-refractivity contribution in [3.05, 3.63) is 24.3 Å². The van der Waals surface area contributed by atoms with Gasteiger partial charge in [-0.3, -0.25) is 9.59 Å². The zero-order valence-corrected chi connectivity index (χ0v) is 45.3. The Morgan fingerprint density at radius 2 is 0.761 bits per heavy atom. The average molecular weight is 945 g/mol. The molecule has 0 spiro atoms. The Morgan fingerprint density at radius 1 is 0.433 bits per heavy atom. The summed E-state index contributed by atoms with van der Waals surface area (Å²) in [6.07, 6.45) is 65.3. The maximum atomic E-state index is 13.3. The first kappa shape index (κ1) is 65.3. The molecule has 0 bridgehead atoms. The van der Waals surface area contributed by atoms with Crippen molar-refractivity contribution in [3.63, 3.8) is 0 Å². The predicted molar refractivity (Wildman–Crippen MR) is 292 cm³/mol. The van der Waals surface area contributed by atoms with Crippen LogP contribution in [0.4, 0.5) is 0 Å². The van der Waals surface area contributed by atoms with Gasteiger partial charge in [0.2, 0.25) is 5.91 Å². The van der Waals surface area contributed by atoms with Gasteiger partial charge in [-0.2, -0.15) is 0 Å². The van der Waals surface area contributed by atoms with Crippen molar-refractivity contribution in [1.82, 2.24) is 5.32 Å². The van der Waals surface area contributed by atoms with Gasteiger partial charge < -0.3 is 20.3 Å². The minimum absolute atomic E-state index is 0.0826. The number of allylic oxidation sites excluding steroid dienone is 4. The van der Waals surface area contributed by atoms with Gasteiger partial charge in [0.15, 0.2) is 0 Å². The fourth-order valence-electron chi connectivity index (χ4n) is 9.46. The monoisotopic (exact) mass is 944 g/mol. The first-order chi connectivity index (χ1) is 33.0. The van der Waals surface area contributed by atoms with Gasteiger partial charge in [0, 0.05) is 6.42 Å². The van der Waals surface area contributed by atoms with Crippen molar-refractivity contribution >= 4 is 11.9 Å². The molecule has 0 rings (SSSR count). The summed E-state index contributed by atoms with van der Waals surface area (Å²) in [5, 5.41) is 23.9. The van der Waals surface area contributed by atoms with E-state index in [1.807, 2.05) is 0 Å². The number of nitrogens with one attached hydrogen (secondary N) is 1. The average Bonchev–Trinajstić information content (AvgIpc) is 3.32. The molecule has 6 heteroatoms. The number of hydrogen-bond donors (Lipinski definition) is 3. The lowest BCUT2D eigenvalue weighted by atomic mass is 10.0. The number of aliphatic hydroxyl groups excluding tert-OH is 2. The van der Waals surface area contributed by atoms with E-state index in [1.165, 1.54) is 231 Å². The molecule has 396 valence electrons. The Hall–Kier alpha value is -1.66. The summed E-state index contributed by atoms with van der Waals surface area (Å²) in [6.45, 7) is 6.50. The number of hydrogen-bond acceptors (Lipinski definition) is 5. The van der Waals surface area contributed by atoms with E-state index in [-0.39, 0.29) is 24.9 Å². The molecule has 0 aliphatic heterocycles. The molecule has 0 saturated heterocycles. The minimum atomic E-state index is -0.784. The lowest BCUT2D eigenvalue weighted by molar-refractivity contribution is -0.151. The summed E-state index contributed by atoms with van der Waals surface area (Å²) in [5.74, 6) is -0.456. The van der Waals surface area contributed by atoms with Crippen LogP contribution < -0.4 is 5.32 Å². The van der Waals surface area contributed by atoms with Crippen molar-refractivity contribution in [2.75, 3.05) is 6.61 Å². The van der Waals surface area contributed by atoms with Crippen LogP contribution in [0, 0.1) is 0 Å². The summed E-state index contributed by atoms with van der Waals surface area (Å²) in [6, 6.07) is -0.698. The van der Waals surface area contributed by atoms with Crippen LogP contribution in [0.2, 0.25) is 0 Å². The molecule has 3 atom stereocenters. The SMILES string of the molecule is CCCCC/C=C\C/C=C\CCCCCCCCCCCC(=O)OC(CCCCCCCCCCCCCCCCCCC)CC(=O)NC(CO)C(O)CCCCCCCCCCCCCC. The maximum absolute atomic E-state index is 13.3. The molecule has 0 aliphatic carbocycles. The molecule has 0 aliphatic rings. The molecule has 3 unspecified atom stereocenters. The molecule has 3 N–H and O–H groups in total. The molecule has 0 aromatic carbocycles. The first-order valence-corrected chi connectivity index (χ1v) is 30.1. The summed E-state index contributed by atoms with van der Waals surface area (Å²) >= 11 is 0.